The van der Waals surface area contributed by atoms with Gasteiger partial charge in [0.2, 0.25) is 15.9 Å². The summed E-state index contributed by atoms with van der Waals surface area (Å²) in [4.78, 5) is 35.1. The van der Waals surface area contributed by atoms with Crippen LogP contribution in [0.1, 0.15) is 43.0 Å². The van der Waals surface area contributed by atoms with Crippen LogP contribution in [0.25, 0.3) is 0 Å². The minimum Gasteiger partial charge on any atom is -0.452 e. The van der Waals surface area contributed by atoms with Crippen molar-refractivity contribution in [3.05, 3.63) is 29.8 Å². The molecule has 0 spiro atoms. The Morgan fingerprint density at radius 2 is 1.59 bits per heavy atom. The number of amides is 2. The Bertz CT molecular complexity index is 815. The highest BCUT2D eigenvalue weighted by molar-refractivity contribution is 7.89. The van der Waals surface area contributed by atoms with Crippen LogP contribution in [-0.4, -0.2) is 63.3 Å². The zero-order valence-corrected chi connectivity index (χ0v) is 17.3. The van der Waals surface area contributed by atoms with Gasteiger partial charge in [0.25, 0.3) is 5.91 Å². The quantitative estimate of drug-likeness (QED) is 0.590. The normalized spacial score (nSPS) is 15.2. The summed E-state index contributed by atoms with van der Waals surface area (Å²) in [6.45, 7) is 2.47. The first-order valence-corrected chi connectivity index (χ1v) is 11.1. The predicted molar refractivity (Wildman–Crippen MR) is 106 cm³/mol. The molecule has 0 saturated carbocycles. The molecule has 2 amide bonds. The molecule has 0 aromatic heterocycles. The van der Waals surface area contributed by atoms with Gasteiger partial charge in [-0.15, -0.1) is 0 Å². The van der Waals surface area contributed by atoms with Crippen LogP contribution in [0, 0.1) is 0 Å². The van der Waals surface area contributed by atoms with Crippen molar-refractivity contribution in [1.29, 1.82) is 0 Å². The average molecular weight is 426 g/mol. The number of hydrogen-bond donors (Lipinski definition) is 2. The molecule has 2 rings (SSSR count). The maximum Gasteiger partial charge on any atom is 0.338 e. The van der Waals surface area contributed by atoms with Gasteiger partial charge in [0.05, 0.1) is 17.0 Å². The topological polar surface area (TPSA) is 122 Å². The number of ether oxygens (including phenoxy) is 1. The van der Waals surface area contributed by atoms with Crippen LogP contribution in [-0.2, 0) is 24.3 Å². The summed E-state index contributed by atoms with van der Waals surface area (Å²) in [7, 11) is -3.59. The van der Waals surface area contributed by atoms with Crippen molar-refractivity contribution in [2.45, 2.75) is 37.5 Å². The van der Waals surface area contributed by atoms with Gasteiger partial charge >= 0.3 is 5.97 Å². The molecule has 0 atom stereocenters. The Labute approximate surface area is 170 Å². The Hall–Kier alpha value is -2.46. The molecule has 9 nitrogen and oxygen atoms in total. The number of benzene rings is 1. The molecule has 160 valence electrons. The van der Waals surface area contributed by atoms with Crippen molar-refractivity contribution in [3.8, 4) is 0 Å². The number of rotatable bonds is 8. The zero-order valence-electron chi connectivity index (χ0n) is 16.5. The summed E-state index contributed by atoms with van der Waals surface area (Å²) in [5.41, 5.74) is 0.136. The van der Waals surface area contributed by atoms with Gasteiger partial charge in [-0.2, -0.15) is 4.31 Å². The number of likely N-dealkylation sites (N-methyl/N-ethyl adjacent to an activating group) is 1. The molecular weight excluding hydrogens is 398 g/mol. The number of carbonyl (C=O) groups is 3. The predicted octanol–water partition coefficient (Wildman–Crippen LogP) is 0.660. The van der Waals surface area contributed by atoms with Gasteiger partial charge in [-0.25, -0.2) is 13.2 Å². The molecule has 1 aliphatic heterocycles. The van der Waals surface area contributed by atoms with Gasteiger partial charge in [0.1, 0.15) is 0 Å². The number of nitrogens with zero attached hydrogens (tertiary/aromatic N) is 1. The first-order chi connectivity index (χ1) is 13.8. The van der Waals surface area contributed by atoms with E-state index in [0.717, 1.165) is 25.7 Å². The molecule has 0 bridgehead atoms. The smallest absolute Gasteiger partial charge is 0.338 e. The molecule has 29 heavy (non-hydrogen) atoms. The zero-order chi connectivity index (χ0) is 21.3. The van der Waals surface area contributed by atoms with E-state index in [9.17, 15) is 22.8 Å². The van der Waals surface area contributed by atoms with Crippen LogP contribution in [0.2, 0.25) is 0 Å². The lowest BCUT2D eigenvalue weighted by Gasteiger charge is -2.19. The van der Waals surface area contributed by atoms with E-state index in [1.807, 2.05) is 0 Å². The SMILES string of the molecule is CCNC(=O)CNC(=O)COC(=O)c1ccc(S(=O)(=O)N2CCCCCC2)cc1. The van der Waals surface area contributed by atoms with Gasteiger partial charge in [-0.3, -0.25) is 9.59 Å². The summed E-state index contributed by atoms with van der Waals surface area (Å²) < 4.78 is 31.8. The highest BCUT2D eigenvalue weighted by Crippen LogP contribution is 2.20. The van der Waals surface area contributed by atoms with E-state index in [-0.39, 0.29) is 22.9 Å². The molecule has 1 heterocycles. The first-order valence-electron chi connectivity index (χ1n) is 9.65. The average Bonchev–Trinajstić information content (AvgIpc) is 3.01. The second-order valence-electron chi connectivity index (χ2n) is 6.65. The molecule has 0 radical (unpaired) electrons. The molecule has 2 N–H and O–H groups in total. The Balaban J connectivity index is 1.89. The van der Waals surface area contributed by atoms with Crippen LogP contribution < -0.4 is 10.6 Å². The summed E-state index contributed by atoms with van der Waals surface area (Å²) >= 11 is 0. The van der Waals surface area contributed by atoms with Crippen LogP contribution in [0.5, 0.6) is 0 Å². The lowest BCUT2D eigenvalue weighted by Crippen LogP contribution is -2.38. The molecule has 1 aliphatic rings. The van der Waals surface area contributed by atoms with Gasteiger partial charge < -0.3 is 15.4 Å². The van der Waals surface area contributed by atoms with Crippen LogP contribution in [0.4, 0.5) is 0 Å². The van der Waals surface area contributed by atoms with Gasteiger partial charge in [-0.05, 0) is 44.0 Å². The number of nitrogens with one attached hydrogen (secondary N) is 2. The number of carbonyl (C=O) groups excluding carboxylic acids is 3. The highest BCUT2D eigenvalue weighted by atomic mass is 32.2. The van der Waals surface area contributed by atoms with Gasteiger partial charge in [0.15, 0.2) is 6.61 Å². The number of hydrogen-bond acceptors (Lipinski definition) is 6. The van der Waals surface area contributed by atoms with Gasteiger partial charge in [-0.1, -0.05) is 12.8 Å². The minimum atomic E-state index is -3.59. The van der Waals surface area contributed by atoms with E-state index in [0.29, 0.717) is 19.6 Å². The standard InChI is InChI=1S/C19H27N3O6S/c1-2-20-17(23)13-21-18(24)14-28-19(25)15-7-9-16(10-8-15)29(26,27)22-11-5-3-4-6-12-22/h7-10H,2-6,11-14H2,1H3,(H,20,23)(H,21,24). The third-order valence-electron chi connectivity index (χ3n) is 4.45. The van der Waals surface area contributed by atoms with Crippen molar-refractivity contribution >= 4 is 27.8 Å². The molecule has 1 aromatic rings. The Morgan fingerprint density at radius 1 is 0.966 bits per heavy atom. The van der Waals surface area contributed by atoms with Crippen molar-refractivity contribution in [2.24, 2.45) is 0 Å². The summed E-state index contributed by atoms with van der Waals surface area (Å²) in [5, 5.41) is 4.85. The molecule has 1 saturated heterocycles. The Morgan fingerprint density at radius 3 is 2.17 bits per heavy atom. The fraction of sp³-hybridized carbons (Fsp3) is 0.526. The fourth-order valence-electron chi connectivity index (χ4n) is 2.90. The molecular formula is C19H27N3O6S. The summed E-state index contributed by atoms with van der Waals surface area (Å²) in [6, 6.07) is 5.46. The van der Waals surface area contributed by atoms with E-state index >= 15 is 0 Å². The summed E-state index contributed by atoms with van der Waals surface area (Å²) in [5.74, 6) is -1.70. The maximum atomic E-state index is 12.7. The first kappa shape index (κ1) is 22.8. The third kappa shape index (κ3) is 6.82. The van der Waals surface area contributed by atoms with E-state index < -0.39 is 28.5 Å². The molecule has 0 aliphatic carbocycles. The van der Waals surface area contributed by atoms with E-state index in [1.165, 1.54) is 28.6 Å². The third-order valence-corrected chi connectivity index (χ3v) is 6.36. The molecule has 1 fully saturated rings. The summed E-state index contributed by atoms with van der Waals surface area (Å²) in [6.07, 6.45) is 3.72. The lowest BCUT2D eigenvalue weighted by atomic mass is 10.2. The van der Waals surface area contributed by atoms with Crippen LogP contribution in [0.3, 0.4) is 0 Å². The monoisotopic (exact) mass is 425 g/mol. The minimum absolute atomic E-state index is 0.121. The van der Waals surface area contributed by atoms with E-state index in [1.54, 1.807) is 6.92 Å². The molecule has 10 heteroatoms. The lowest BCUT2D eigenvalue weighted by molar-refractivity contribution is -0.127. The largest absolute Gasteiger partial charge is 0.452 e. The highest BCUT2D eigenvalue weighted by Gasteiger charge is 2.25. The number of sulfonamides is 1. The van der Waals surface area contributed by atoms with Crippen LogP contribution >= 0.6 is 0 Å². The van der Waals surface area contributed by atoms with Crippen molar-refractivity contribution in [1.82, 2.24) is 14.9 Å². The van der Waals surface area contributed by atoms with E-state index in [2.05, 4.69) is 10.6 Å². The van der Waals surface area contributed by atoms with Crippen molar-refractivity contribution in [2.75, 3.05) is 32.8 Å². The molecule has 1 aromatic carbocycles. The Kier molecular flexibility index (Phi) is 8.59. The molecule has 0 unspecified atom stereocenters. The fourth-order valence-corrected chi connectivity index (χ4v) is 4.42. The second-order valence-corrected chi connectivity index (χ2v) is 8.59. The maximum absolute atomic E-state index is 12.7. The van der Waals surface area contributed by atoms with Crippen molar-refractivity contribution in [3.63, 3.8) is 0 Å². The second kappa shape index (κ2) is 10.9. The van der Waals surface area contributed by atoms with Crippen LogP contribution in [0.15, 0.2) is 29.2 Å². The van der Waals surface area contributed by atoms with E-state index in [4.69, 9.17) is 4.74 Å². The van der Waals surface area contributed by atoms with Crippen molar-refractivity contribution < 1.29 is 27.5 Å². The number of esters is 1. The van der Waals surface area contributed by atoms with Gasteiger partial charge in [0, 0.05) is 19.6 Å².